The van der Waals surface area contributed by atoms with E-state index in [-0.39, 0.29) is 0 Å². The van der Waals surface area contributed by atoms with Crippen LogP contribution in [-0.4, -0.2) is 35.5 Å². The fraction of sp³-hybridized carbons (Fsp3) is 1.00. The maximum absolute atomic E-state index is 6.44. The van der Waals surface area contributed by atoms with Gasteiger partial charge in [0, 0.05) is 26.4 Å². The van der Waals surface area contributed by atoms with Crippen LogP contribution in [-0.2, 0) is 17.7 Å². The zero-order valence-electron chi connectivity index (χ0n) is 26.6. The van der Waals surface area contributed by atoms with E-state index in [0.717, 1.165) is 49.4 Å². The molecule has 0 unspecified atom stereocenters. The third-order valence-corrected chi connectivity index (χ3v) is 9.05. The third-order valence-electron chi connectivity index (χ3n) is 6.82. The molecule has 0 heterocycles. The highest BCUT2D eigenvalue weighted by Crippen LogP contribution is 2.19. The highest BCUT2D eigenvalue weighted by molar-refractivity contribution is 6.53. The largest absolute Gasteiger partial charge is 0.679 e. The summed E-state index contributed by atoms with van der Waals surface area (Å²) in [4.78, 5) is 0. The van der Waals surface area contributed by atoms with Crippen LogP contribution in [0.1, 0.15) is 158 Å². The van der Waals surface area contributed by atoms with Crippen LogP contribution < -0.4 is 0 Å². The Labute approximate surface area is 234 Å². The molecule has 0 aromatic rings. The lowest BCUT2D eigenvalue weighted by atomic mass is 10.1. The molecule has 0 saturated heterocycles. The second kappa shape index (κ2) is 25.1. The summed E-state index contributed by atoms with van der Waals surface area (Å²) >= 11 is 0. The monoisotopic (exact) mass is 544 g/mol. The molecule has 224 valence electrons. The topological polar surface area (TPSA) is 36.9 Å². The third kappa shape index (κ3) is 26.1. The van der Waals surface area contributed by atoms with Crippen molar-refractivity contribution >= 4 is 9.05 Å². The molecule has 0 aliphatic heterocycles. The van der Waals surface area contributed by atoms with Crippen molar-refractivity contribution in [2.75, 3.05) is 26.4 Å². The molecule has 0 N–H and O–H groups in total. The molecule has 37 heavy (non-hydrogen) atoms. The van der Waals surface area contributed by atoms with Crippen molar-refractivity contribution < 1.29 is 17.7 Å². The highest BCUT2D eigenvalue weighted by Gasteiger charge is 2.45. The SMILES string of the molecule is CC(C)CCCCCO[Si](OCCCCCC(C)C)(OCCCCCC(C)C)OCCCCCC(C)C. The van der Waals surface area contributed by atoms with E-state index < -0.39 is 9.05 Å². The van der Waals surface area contributed by atoms with Crippen LogP contribution in [0.5, 0.6) is 0 Å². The van der Waals surface area contributed by atoms with E-state index in [4.69, 9.17) is 17.7 Å². The van der Waals surface area contributed by atoms with E-state index in [1.165, 1.54) is 77.0 Å². The average Bonchev–Trinajstić information content (AvgIpc) is 2.82. The molecule has 0 aromatic heterocycles. The molecule has 0 bridgehead atoms. The summed E-state index contributed by atoms with van der Waals surface area (Å²) in [5.74, 6) is 3.08. The summed E-state index contributed by atoms with van der Waals surface area (Å²) < 4.78 is 25.8. The standard InChI is InChI=1S/C32H68O4Si/c1-29(2)21-13-9-17-25-33-37(34-26-18-10-14-22-30(3)4,35-27-19-11-15-23-31(5)6)36-28-20-12-16-24-32(7)8/h29-32H,9-28H2,1-8H3. The van der Waals surface area contributed by atoms with Gasteiger partial charge in [0.05, 0.1) is 0 Å². The van der Waals surface area contributed by atoms with Crippen molar-refractivity contribution in [3.8, 4) is 0 Å². The lowest BCUT2D eigenvalue weighted by Gasteiger charge is -2.28. The van der Waals surface area contributed by atoms with Gasteiger partial charge in [-0.25, -0.2) is 0 Å². The van der Waals surface area contributed by atoms with Crippen molar-refractivity contribution in [2.24, 2.45) is 23.7 Å². The van der Waals surface area contributed by atoms with E-state index in [9.17, 15) is 0 Å². The molecule has 0 radical (unpaired) electrons. The molecule has 5 heteroatoms. The molecule has 4 nitrogen and oxygen atoms in total. The molecular formula is C32H68O4Si. The lowest BCUT2D eigenvalue weighted by Crippen LogP contribution is -2.50. The van der Waals surface area contributed by atoms with Gasteiger partial charge in [-0.1, -0.05) is 132 Å². The molecule has 0 aromatic carbocycles. The van der Waals surface area contributed by atoms with Crippen molar-refractivity contribution in [1.82, 2.24) is 0 Å². The molecule has 0 aliphatic rings. The van der Waals surface area contributed by atoms with E-state index >= 15 is 0 Å². The Balaban J connectivity index is 4.89. The van der Waals surface area contributed by atoms with Gasteiger partial charge in [-0.15, -0.1) is 0 Å². The Bertz CT molecular complexity index is 382. The average molecular weight is 545 g/mol. The molecule has 0 spiro atoms. The smallest absolute Gasteiger partial charge is 0.351 e. The predicted molar refractivity (Wildman–Crippen MR) is 163 cm³/mol. The summed E-state index contributed by atoms with van der Waals surface area (Å²) in [5, 5.41) is 0. The van der Waals surface area contributed by atoms with Gasteiger partial charge in [-0.2, -0.15) is 0 Å². The first-order valence-corrected chi connectivity index (χ1v) is 17.9. The molecule has 0 fully saturated rings. The molecule has 0 aliphatic carbocycles. The second-order valence-electron chi connectivity index (χ2n) is 12.9. The van der Waals surface area contributed by atoms with Crippen LogP contribution in [0.4, 0.5) is 0 Å². The zero-order chi connectivity index (χ0) is 27.8. The normalized spacial score (nSPS) is 12.6. The summed E-state index contributed by atoms with van der Waals surface area (Å²) in [6.07, 6.45) is 19.2. The van der Waals surface area contributed by atoms with Gasteiger partial charge in [0.1, 0.15) is 0 Å². The summed E-state index contributed by atoms with van der Waals surface area (Å²) in [6, 6.07) is 0. The number of unbranched alkanes of at least 4 members (excludes halogenated alkanes) is 8. The summed E-state index contributed by atoms with van der Waals surface area (Å²) in [6.45, 7) is 21.1. The van der Waals surface area contributed by atoms with E-state index in [2.05, 4.69) is 55.4 Å². The Morgan fingerprint density at radius 3 is 0.730 bits per heavy atom. The Morgan fingerprint density at radius 1 is 0.324 bits per heavy atom. The van der Waals surface area contributed by atoms with E-state index in [0.29, 0.717) is 26.4 Å². The van der Waals surface area contributed by atoms with Crippen molar-refractivity contribution in [1.29, 1.82) is 0 Å². The van der Waals surface area contributed by atoms with E-state index in [1.54, 1.807) is 0 Å². The van der Waals surface area contributed by atoms with Crippen LogP contribution >= 0.6 is 0 Å². The number of rotatable bonds is 28. The van der Waals surface area contributed by atoms with Crippen LogP contribution in [0, 0.1) is 23.7 Å². The molecule has 0 rings (SSSR count). The first kappa shape index (κ1) is 37.1. The first-order valence-electron chi connectivity index (χ1n) is 16.2. The van der Waals surface area contributed by atoms with E-state index in [1.807, 2.05) is 0 Å². The minimum Gasteiger partial charge on any atom is -0.351 e. The van der Waals surface area contributed by atoms with Crippen molar-refractivity contribution in [2.45, 2.75) is 158 Å². The first-order chi connectivity index (χ1) is 17.7. The maximum Gasteiger partial charge on any atom is 0.679 e. The second-order valence-corrected chi connectivity index (χ2v) is 15.0. The van der Waals surface area contributed by atoms with Gasteiger partial charge in [0.15, 0.2) is 0 Å². The van der Waals surface area contributed by atoms with Crippen LogP contribution in [0.25, 0.3) is 0 Å². The predicted octanol–water partition coefficient (Wildman–Crippen LogP) is 10.4. The Morgan fingerprint density at radius 2 is 0.541 bits per heavy atom. The lowest BCUT2D eigenvalue weighted by molar-refractivity contribution is -0.0376. The Hall–Kier alpha value is 0.0569. The molecule has 0 atom stereocenters. The van der Waals surface area contributed by atoms with Gasteiger partial charge in [-0.3, -0.25) is 0 Å². The zero-order valence-corrected chi connectivity index (χ0v) is 27.6. The number of hydrogen-bond donors (Lipinski definition) is 0. The van der Waals surface area contributed by atoms with Gasteiger partial charge in [0.2, 0.25) is 0 Å². The van der Waals surface area contributed by atoms with Gasteiger partial charge in [0.25, 0.3) is 0 Å². The van der Waals surface area contributed by atoms with Crippen LogP contribution in [0.15, 0.2) is 0 Å². The maximum atomic E-state index is 6.44. The van der Waals surface area contributed by atoms with Crippen LogP contribution in [0.2, 0.25) is 0 Å². The van der Waals surface area contributed by atoms with Gasteiger partial charge >= 0.3 is 9.05 Å². The van der Waals surface area contributed by atoms with Gasteiger partial charge in [-0.05, 0) is 49.4 Å². The summed E-state index contributed by atoms with van der Waals surface area (Å²) in [5.41, 5.74) is 0. The van der Waals surface area contributed by atoms with Crippen LogP contribution in [0.3, 0.4) is 0 Å². The fourth-order valence-electron chi connectivity index (χ4n) is 4.36. The molecule has 0 saturated carbocycles. The van der Waals surface area contributed by atoms with Crippen molar-refractivity contribution in [3.05, 3.63) is 0 Å². The minimum atomic E-state index is -3.12. The highest BCUT2D eigenvalue weighted by atomic mass is 28.4. The summed E-state index contributed by atoms with van der Waals surface area (Å²) in [7, 11) is -3.12. The van der Waals surface area contributed by atoms with Crippen molar-refractivity contribution in [3.63, 3.8) is 0 Å². The molecular weight excluding hydrogens is 476 g/mol. The quantitative estimate of drug-likeness (QED) is 0.0725. The fourth-order valence-corrected chi connectivity index (χ4v) is 6.44. The van der Waals surface area contributed by atoms with Gasteiger partial charge < -0.3 is 17.7 Å². The minimum absolute atomic E-state index is 0.679. The Kier molecular flexibility index (Phi) is 25.1. The molecule has 0 amide bonds. The number of hydrogen-bond acceptors (Lipinski definition) is 4.